The fourth-order valence-corrected chi connectivity index (χ4v) is 0.948. The molecule has 0 amide bonds. The predicted octanol–water partition coefficient (Wildman–Crippen LogP) is 1.97. The van der Waals surface area contributed by atoms with Crippen LogP contribution in [0, 0.1) is 0 Å². The van der Waals surface area contributed by atoms with Crippen LogP contribution < -0.4 is 0 Å². The van der Waals surface area contributed by atoms with Crippen LogP contribution in [0.25, 0.3) is 0 Å². The molecule has 1 rings (SSSR count). The van der Waals surface area contributed by atoms with Crippen LogP contribution in [0.4, 0.5) is 4.79 Å². The zero-order valence-corrected chi connectivity index (χ0v) is 8.84. The number of benzene rings is 1. The van der Waals surface area contributed by atoms with Crippen LogP contribution in [0.3, 0.4) is 0 Å². The molecule has 0 aliphatic heterocycles. The number of esters is 1. The molecule has 0 radical (unpaired) electrons. The van der Waals surface area contributed by atoms with Crippen molar-refractivity contribution in [1.29, 1.82) is 0 Å². The van der Waals surface area contributed by atoms with Crippen LogP contribution in [0.1, 0.15) is 17.3 Å². The van der Waals surface area contributed by atoms with Gasteiger partial charge in [0.2, 0.25) is 6.79 Å². The van der Waals surface area contributed by atoms with Gasteiger partial charge in [-0.2, -0.15) is 0 Å². The van der Waals surface area contributed by atoms with E-state index in [9.17, 15) is 9.59 Å². The van der Waals surface area contributed by atoms with Crippen molar-refractivity contribution in [3.8, 4) is 0 Å². The molecule has 0 spiro atoms. The van der Waals surface area contributed by atoms with Crippen molar-refractivity contribution in [2.24, 2.45) is 0 Å². The fraction of sp³-hybridized carbons (Fsp3) is 0.273. The summed E-state index contributed by atoms with van der Waals surface area (Å²) >= 11 is 0. The minimum absolute atomic E-state index is 0.214. The van der Waals surface area contributed by atoms with Crippen LogP contribution in [0.2, 0.25) is 0 Å². The number of carbonyl (C=O) groups excluding carboxylic acids is 2. The molecule has 0 N–H and O–H groups in total. The fourth-order valence-electron chi connectivity index (χ4n) is 0.948. The number of ether oxygens (including phenoxy) is 3. The van der Waals surface area contributed by atoms with Crippen LogP contribution >= 0.6 is 0 Å². The highest BCUT2D eigenvalue weighted by Crippen LogP contribution is 2.01. The second-order valence-corrected chi connectivity index (χ2v) is 2.74. The number of carbonyl (C=O) groups is 2. The highest BCUT2D eigenvalue weighted by Gasteiger charge is 2.07. The van der Waals surface area contributed by atoms with E-state index in [1.54, 1.807) is 37.3 Å². The van der Waals surface area contributed by atoms with Gasteiger partial charge in [-0.05, 0) is 19.1 Å². The first-order valence-corrected chi connectivity index (χ1v) is 4.75. The van der Waals surface area contributed by atoms with Crippen molar-refractivity contribution in [2.45, 2.75) is 6.92 Å². The Balaban J connectivity index is 2.29. The molecule has 0 saturated heterocycles. The molecule has 0 heterocycles. The average molecular weight is 224 g/mol. The lowest BCUT2D eigenvalue weighted by molar-refractivity contribution is -0.0261. The molecule has 0 unspecified atom stereocenters. The molecule has 0 fully saturated rings. The highest BCUT2D eigenvalue weighted by atomic mass is 16.8. The van der Waals surface area contributed by atoms with E-state index in [1.165, 1.54) is 0 Å². The van der Waals surface area contributed by atoms with E-state index >= 15 is 0 Å². The Morgan fingerprint density at radius 1 is 1.06 bits per heavy atom. The van der Waals surface area contributed by atoms with Crippen LogP contribution in [0.15, 0.2) is 30.3 Å². The van der Waals surface area contributed by atoms with Crippen molar-refractivity contribution >= 4 is 12.1 Å². The van der Waals surface area contributed by atoms with Gasteiger partial charge >= 0.3 is 12.1 Å². The molecule has 0 aliphatic carbocycles. The Morgan fingerprint density at radius 3 is 2.38 bits per heavy atom. The third-order valence-electron chi connectivity index (χ3n) is 1.64. The first kappa shape index (κ1) is 12.0. The van der Waals surface area contributed by atoms with Crippen LogP contribution in [-0.2, 0) is 14.2 Å². The molecule has 0 aromatic heterocycles. The summed E-state index contributed by atoms with van der Waals surface area (Å²) in [7, 11) is 0. The van der Waals surface area contributed by atoms with Crippen molar-refractivity contribution in [3.05, 3.63) is 35.9 Å². The minimum Gasteiger partial charge on any atom is -0.435 e. The molecule has 16 heavy (non-hydrogen) atoms. The molecule has 5 heteroatoms. The molecular weight excluding hydrogens is 212 g/mol. The highest BCUT2D eigenvalue weighted by molar-refractivity contribution is 5.89. The van der Waals surface area contributed by atoms with Gasteiger partial charge in [-0.1, -0.05) is 18.2 Å². The molecular formula is C11H12O5. The summed E-state index contributed by atoms with van der Waals surface area (Å²) in [4.78, 5) is 22.1. The van der Waals surface area contributed by atoms with E-state index < -0.39 is 18.9 Å². The third-order valence-corrected chi connectivity index (χ3v) is 1.64. The predicted molar refractivity (Wildman–Crippen MR) is 54.8 cm³/mol. The van der Waals surface area contributed by atoms with Crippen molar-refractivity contribution in [1.82, 2.24) is 0 Å². The zero-order valence-electron chi connectivity index (χ0n) is 8.84. The maximum absolute atomic E-state index is 11.3. The quantitative estimate of drug-likeness (QED) is 0.578. The van der Waals surface area contributed by atoms with Gasteiger partial charge in [0.1, 0.15) is 0 Å². The summed E-state index contributed by atoms with van der Waals surface area (Å²) < 4.78 is 13.6. The maximum Gasteiger partial charge on any atom is 0.511 e. The molecule has 1 aromatic carbocycles. The summed E-state index contributed by atoms with van der Waals surface area (Å²) in [6.07, 6.45) is -0.858. The van der Waals surface area contributed by atoms with Gasteiger partial charge in [0.05, 0.1) is 12.2 Å². The smallest absolute Gasteiger partial charge is 0.435 e. The van der Waals surface area contributed by atoms with Gasteiger partial charge in [0, 0.05) is 0 Å². The Kier molecular flexibility index (Phi) is 4.85. The summed E-state index contributed by atoms with van der Waals surface area (Å²) in [6, 6.07) is 8.41. The molecule has 5 nitrogen and oxygen atoms in total. The topological polar surface area (TPSA) is 61.8 Å². The Bertz CT molecular complexity index is 347. The molecule has 0 saturated carbocycles. The summed E-state index contributed by atoms with van der Waals surface area (Å²) in [5, 5.41) is 0. The lowest BCUT2D eigenvalue weighted by Crippen LogP contribution is -2.13. The van der Waals surface area contributed by atoms with Gasteiger partial charge < -0.3 is 14.2 Å². The summed E-state index contributed by atoms with van der Waals surface area (Å²) in [5.74, 6) is -0.551. The third kappa shape index (κ3) is 4.00. The molecule has 0 atom stereocenters. The Hall–Kier alpha value is -2.04. The first-order chi connectivity index (χ1) is 7.74. The van der Waals surface area contributed by atoms with Gasteiger partial charge in [0.15, 0.2) is 0 Å². The second-order valence-electron chi connectivity index (χ2n) is 2.74. The number of hydrogen-bond donors (Lipinski definition) is 0. The van der Waals surface area contributed by atoms with E-state index in [4.69, 9.17) is 0 Å². The van der Waals surface area contributed by atoms with Gasteiger partial charge in [-0.25, -0.2) is 9.59 Å². The van der Waals surface area contributed by atoms with E-state index in [2.05, 4.69) is 14.2 Å². The van der Waals surface area contributed by atoms with Crippen molar-refractivity contribution < 1.29 is 23.8 Å². The van der Waals surface area contributed by atoms with E-state index in [0.717, 1.165) is 0 Å². The normalized spacial score (nSPS) is 9.31. The summed E-state index contributed by atoms with van der Waals surface area (Å²) in [5.41, 5.74) is 0.398. The van der Waals surface area contributed by atoms with Crippen molar-refractivity contribution in [2.75, 3.05) is 13.4 Å². The first-order valence-electron chi connectivity index (χ1n) is 4.75. The largest absolute Gasteiger partial charge is 0.511 e. The minimum atomic E-state index is -0.858. The Morgan fingerprint density at radius 2 is 1.75 bits per heavy atom. The molecule has 86 valence electrons. The molecule has 0 bridgehead atoms. The van der Waals surface area contributed by atoms with Crippen LogP contribution in [-0.4, -0.2) is 25.5 Å². The average Bonchev–Trinajstić information content (AvgIpc) is 2.30. The standard InChI is InChI=1S/C11H12O5/c1-2-14-11(13)16-8-15-10(12)9-6-4-3-5-7-9/h3-7H,2,8H2,1H3. The SMILES string of the molecule is CCOC(=O)OCOC(=O)c1ccccc1. The van der Waals surface area contributed by atoms with Crippen LogP contribution in [0.5, 0.6) is 0 Å². The number of hydrogen-bond acceptors (Lipinski definition) is 5. The van der Waals surface area contributed by atoms with E-state index in [1.807, 2.05) is 0 Å². The maximum atomic E-state index is 11.3. The van der Waals surface area contributed by atoms with Gasteiger partial charge in [-0.15, -0.1) is 0 Å². The lowest BCUT2D eigenvalue weighted by Gasteiger charge is -2.05. The summed E-state index contributed by atoms with van der Waals surface area (Å²) in [6.45, 7) is 1.41. The Labute approximate surface area is 92.9 Å². The van der Waals surface area contributed by atoms with Gasteiger partial charge in [0.25, 0.3) is 0 Å². The lowest BCUT2D eigenvalue weighted by atomic mass is 10.2. The monoisotopic (exact) mass is 224 g/mol. The molecule has 0 aliphatic rings. The second kappa shape index (κ2) is 6.44. The van der Waals surface area contributed by atoms with E-state index in [-0.39, 0.29) is 6.61 Å². The van der Waals surface area contributed by atoms with Gasteiger partial charge in [-0.3, -0.25) is 0 Å². The molecule has 1 aromatic rings. The van der Waals surface area contributed by atoms with E-state index in [0.29, 0.717) is 5.56 Å². The zero-order chi connectivity index (χ0) is 11.8. The van der Waals surface area contributed by atoms with Crippen molar-refractivity contribution in [3.63, 3.8) is 0 Å². The number of rotatable bonds is 4.